The fourth-order valence-corrected chi connectivity index (χ4v) is 5.26. The molecule has 0 bridgehead atoms. The first-order valence-electron chi connectivity index (χ1n) is 12.9. The van der Waals surface area contributed by atoms with E-state index in [1.54, 1.807) is 30.7 Å². The average molecular weight is 527 g/mol. The van der Waals surface area contributed by atoms with Crippen molar-refractivity contribution in [3.8, 4) is 11.5 Å². The van der Waals surface area contributed by atoms with Gasteiger partial charge in [0.2, 0.25) is 0 Å². The summed E-state index contributed by atoms with van der Waals surface area (Å²) < 4.78 is 22.6. The maximum Gasteiger partial charge on any atom is 0.315 e. The van der Waals surface area contributed by atoms with E-state index in [1.807, 2.05) is 72.8 Å². The molecule has 0 atom stereocenters. The Labute approximate surface area is 228 Å². The fraction of sp³-hybridized carbons (Fsp3) is 0.0588. The zero-order valence-corrected chi connectivity index (χ0v) is 21.3. The molecule has 0 saturated heterocycles. The van der Waals surface area contributed by atoms with E-state index in [2.05, 4.69) is 0 Å². The van der Waals surface area contributed by atoms with Crippen LogP contribution in [0.5, 0.6) is 11.5 Å². The number of hydrogen-bond acceptors (Lipinski definition) is 6. The van der Waals surface area contributed by atoms with Crippen LogP contribution in [0.25, 0.3) is 43.5 Å². The quantitative estimate of drug-likeness (QED) is 0.163. The number of carbonyl (C=O) groups is 2. The van der Waals surface area contributed by atoms with Crippen molar-refractivity contribution >= 4 is 55.4 Å². The first-order valence-corrected chi connectivity index (χ1v) is 12.9. The van der Waals surface area contributed by atoms with Crippen LogP contribution in [0.15, 0.2) is 118 Å². The van der Waals surface area contributed by atoms with Crippen LogP contribution in [0.3, 0.4) is 0 Å². The van der Waals surface area contributed by atoms with Crippen LogP contribution in [0.2, 0.25) is 0 Å². The van der Waals surface area contributed by atoms with Gasteiger partial charge in [0, 0.05) is 28.0 Å². The van der Waals surface area contributed by atoms with Gasteiger partial charge in [-0.2, -0.15) is 0 Å². The Bertz CT molecular complexity index is 1920. The summed E-state index contributed by atoms with van der Waals surface area (Å²) >= 11 is 0. The lowest BCUT2D eigenvalue weighted by molar-refractivity contribution is -0.134. The van der Waals surface area contributed by atoms with Crippen LogP contribution in [-0.2, 0) is 22.4 Å². The van der Waals surface area contributed by atoms with Crippen LogP contribution in [0, 0.1) is 0 Å². The normalized spacial score (nSPS) is 11.4. The van der Waals surface area contributed by atoms with Crippen LogP contribution in [-0.4, -0.2) is 11.9 Å². The van der Waals surface area contributed by atoms with Gasteiger partial charge in [-0.05, 0) is 45.8 Å². The standard InChI is InChI=1S/C34H22O6/c35-31(16-23-19-37-29-14-12-21-6-1-3-10-27(21)33(23)29)39-25-8-5-9-26(18-25)40-32(36)17-24-20-38-30-15-13-22-7-2-4-11-28(22)34(24)30/h1-15,18-20H,16-17H2. The summed E-state index contributed by atoms with van der Waals surface area (Å²) in [6.07, 6.45) is 3.26. The molecule has 2 heterocycles. The number of carbonyl (C=O) groups excluding carboxylic acids is 2. The lowest BCUT2D eigenvalue weighted by atomic mass is 10.0. The van der Waals surface area contributed by atoms with Crippen molar-refractivity contribution in [2.45, 2.75) is 12.8 Å². The SMILES string of the molecule is O=C(Cc1coc2ccc3ccccc3c12)Oc1cccc(OC(=O)Cc2coc3ccc4ccccc4c23)c1. The maximum atomic E-state index is 12.9. The molecular formula is C34H22O6. The third-order valence-corrected chi connectivity index (χ3v) is 7.02. The van der Waals surface area contributed by atoms with Crippen LogP contribution in [0.1, 0.15) is 11.1 Å². The van der Waals surface area contributed by atoms with Crippen LogP contribution in [0.4, 0.5) is 0 Å². The molecule has 6 heteroatoms. The average Bonchev–Trinajstić information content (AvgIpc) is 3.57. The zero-order chi connectivity index (χ0) is 27.1. The van der Waals surface area contributed by atoms with E-state index >= 15 is 0 Å². The molecule has 7 aromatic rings. The predicted octanol–water partition coefficient (Wildman–Crippen LogP) is 7.78. The Hall–Kier alpha value is -5.36. The topological polar surface area (TPSA) is 78.9 Å². The van der Waals surface area contributed by atoms with Gasteiger partial charge in [-0.1, -0.05) is 66.7 Å². The molecule has 0 spiro atoms. The Balaban J connectivity index is 1.06. The summed E-state index contributed by atoms with van der Waals surface area (Å²) in [5, 5.41) is 5.97. The lowest BCUT2D eigenvalue weighted by Crippen LogP contribution is -2.12. The predicted molar refractivity (Wildman–Crippen MR) is 153 cm³/mol. The Morgan fingerprint density at radius 1 is 0.550 bits per heavy atom. The van der Waals surface area contributed by atoms with Crippen LogP contribution < -0.4 is 9.47 Å². The van der Waals surface area contributed by atoms with Gasteiger partial charge in [0.05, 0.1) is 25.4 Å². The number of fused-ring (bicyclic) bond motifs is 6. The Morgan fingerprint density at radius 3 is 1.52 bits per heavy atom. The summed E-state index contributed by atoms with van der Waals surface area (Å²) in [7, 11) is 0. The van der Waals surface area contributed by atoms with Gasteiger partial charge in [0.15, 0.2) is 0 Å². The molecule has 0 amide bonds. The van der Waals surface area contributed by atoms with Crippen molar-refractivity contribution in [1.82, 2.24) is 0 Å². The molecule has 5 aromatic carbocycles. The van der Waals surface area contributed by atoms with Crippen molar-refractivity contribution in [3.05, 3.63) is 121 Å². The molecule has 7 rings (SSSR count). The molecule has 0 fully saturated rings. The minimum absolute atomic E-state index is 0.0343. The number of furan rings is 2. The van der Waals surface area contributed by atoms with E-state index in [4.69, 9.17) is 18.3 Å². The van der Waals surface area contributed by atoms with Crippen LogP contribution >= 0.6 is 0 Å². The van der Waals surface area contributed by atoms with Gasteiger partial charge in [0.1, 0.15) is 22.7 Å². The second-order valence-corrected chi connectivity index (χ2v) is 9.62. The number of rotatable bonds is 6. The second kappa shape index (κ2) is 9.75. The largest absolute Gasteiger partial charge is 0.464 e. The van der Waals surface area contributed by atoms with Crippen molar-refractivity contribution in [3.63, 3.8) is 0 Å². The smallest absolute Gasteiger partial charge is 0.315 e. The van der Waals surface area contributed by atoms with Crippen molar-refractivity contribution in [2.75, 3.05) is 0 Å². The van der Waals surface area contributed by atoms with E-state index in [-0.39, 0.29) is 24.3 Å². The van der Waals surface area contributed by atoms with E-state index in [1.165, 1.54) is 6.07 Å². The van der Waals surface area contributed by atoms with E-state index < -0.39 is 11.9 Å². The summed E-state index contributed by atoms with van der Waals surface area (Å²) in [5.41, 5.74) is 2.93. The molecule has 0 aliphatic heterocycles. The van der Waals surface area contributed by atoms with Crippen molar-refractivity contribution in [1.29, 1.82) is 0 Å². The highest BCUT2D eigenvalue weighted by molar-refractivity contribution is 6.09. The minimum Gasteiger partial charge on any atom is -0.464 e. The molecule has 6 nitrogen and oxygen atoms in total. The Kier molecular flexibility index (Phi) is 5.78. The number of hydrogen-bond donors (Lipinski definition) is 0. The first kappa shape index (κ1) is 23.7. The molecule has 0 N–H and O–H groups in total. The second-order valence-electron chi connectivity index (χ2n) is 9.62. The molecule has 0 aliphatic carbocycles. The van der Waals surface area contributed by atoms with E-state index in [0.29, 0.717) is 11.2 Å². The summed E-state index contributed by atoms with van der Waals surface area (Å²) in [6, 6.07) is 30.2. The monoisotopic (exact) mass is 526 g/mol. The highest BCUT2D eigenvalue weighted by Gasteiger charge is 2.17. The molecule has 40 heavy (non-hydrogen) atoms. The van der Waals surface area contributed by atoms with E-state index in [9.17, 15) is 9.59 Å². The molecule has 0 radical (unpaired) electrons. The molecule has 194 valence electrons. The minimum atomic E-state index is -0.448. The Morgan fingerprint density at radius 2 is 1.02 bits per heavy atom. The summed E-state index contributed by atoms with van der Waals surface area (Å²) in [5.74, 6) is -0.327. The third-order valence-electron chi connectivity index (χ3n) is 7.02. The van der Waals surface area contributed by atoms with Crippen molar-refractivity contribution in [2.24, 2.45) is 0 Å². The molecule has 2 aromatic heterocycles. The highest BCUT2D eigenvalue weighted by Crippen LogP contribution is 2.32. The molecule has 0 saturated carbocycles. The molecule has 0 unspecified atom stereocenters. The van der Waals surface area contributed by atoms with Gasteiger partial charge in [-0.3, -0.25) is 9.59 Å². The molecule has 0 aliphatic rings. The fourth-order valence-electron chi connectivity index (χ4n) is 5.26. The number of benzene rings is 5. The van der Waals surface area contributed by atoms with Gasteiger partial charge < -0.3 is 18.3 Å². The summed E-state index contributed by atoms with van der Waals surface area (Å²) in [6.45, 7) is 0. The number of esters is 2. The first-order chi connectivity index (χ1) is 19.6. The maximum absolute atomic E-state index is 12.9. The summed E-state index contributed by atoms with van der Waals surface area (Å²) in [4.78, 5) is 25.7. The lowest BCUT2D eigenvalue weighted by Gasteiger charge is -2.08. The van der Waals surface area contributed by atoms with Gasteiger partial charge in [-0.15, -0.1) is 0 Å². The van der Waals surface area contributed by atoms with Gasteiger partial charge in [0.25, 0.3) is 0 Å². The van der Waals surface area contributed by atoms with E-state index in [0.717, 1.165) is 43.4 Å². The molecular weight excluding hydrogens is 504 g/mol. The van der Waals surface area contributed by atoms with Gasteiger partial charge >= 0.3 is 11.9 Å². The van der Waals surface area contributed by atoms with Gasteiger partial charge in [-0.25, -0.2) is 0 Å². The van der Waals surface area contributed by atoms with Crippen molar-refractivity contribution < 1.29 is 27.9 Å². The highest BCUT2D eigenvalue weighted by atomic mass is 16.5. The number of ether oxygens (including phenoxy) is 2. The third kappa shape index (κ3) is 4.35. The zero-order valence-electron chi connectivity index (χ0n) is 21.3.